The number of benzene rings is 1. The average molecular weight is 431 g/mol. The number of hydrogen-bond donors (Lipinski definition) is 1. The molecule has 1 saturated heterocycles. The number of halogens is 1. The highest BCUT2D eigenvalue weighted by molar-refractivity contribution is 7.16. The Bertz CT molecular complexity index is 919. The zero-order valence-electron chi connectivity index (χ0n) is 16.0. The monoisotopic (exact) mass is 430 g/mol. The molecule has 7 nitrogen and oxygen atoms in total. The Kier molecular flexibility index (Phi) is 6.43. The maximum absolute atomic E-state index is 12.5. The minimum absolute atomic E-state index is 0.00416. The van der Waals surface area contributed by atoms with E-state index in [1.807, 2.05) is 23.1 Å². The molecule has 0 spiro atoms. The van der Waals surface area contributed by atoms with Gasteiger partial charge in [-0.1, -0.05) is 35.9 Å². The summed E-state index contributed by atoms with van der Waals surface area (Å²) in [5.74, 6) is 0. The third-order valence-electron chi connectivity index (χ3n) is 4.95. The van der Waals surface area contributed by atoms with Gasteiger partial charge in [-0.05, 0) is 23.3 Å². The van der Waals surface area contributed by atoms with Crippen LogP contribution in [0.3, 0.4) is 0 Å². The maximum atomic E-state index is 12.5. The van der Waals surface area contributed by atoms with Gasteiger partial charge in [0, 0.05) is 44.1 Å². The molecule has 1 N–H and O–H groups in total. The lowest BCUT2D eigenvalue weighted by Gasteiger charge is -2.34. The molecule has 152 valence electrons. The molecule has 0 atom stereocenters. The predicted octanol–water partition coefficient (Wildman–Crippen LogP) is 3.07. The Morgan fingerprint density at radius 3 is 2.45 bits per heavy atom. The third-order valence-corrected chi connectivity index (χ3v) is 6.16. The molecule has 1 aliphatic rings. The van der Waals surface area contributed by atoms with Crippen molar-refractivity contribution in [2.24, 2.45) is 0 Å². The normalized spacial score (nSPS) is 14.9. The second kappa shape index (κ2) is 9.39. The van der Waals surface area contributed by atoms with Gasteiger partial charge in [0.1, 0.15) is 12.7 Å². The second-order valence-corrected chi connectivity index (χ2v) is 8.84. The smallest absolute Gasteiger partial charge is 0.317 e. The highest BCUT2D eigenvalue weighted by Gasteiger charge is 2.21. The number of carbonyl (C=O) groups excluding carboxylic acids is 1. The van der Waals surface area contributed by atoms with Gasteiger partial charge >= 0.3 is 6.03 Å². The summed E-state index contributed by atoms with van der Waals surface area (Å²) in [5, 5.41) is 7.14. The molecule has 1 aromatic carbocycles. The molecule has 9 heteroatoms. The fourth-order valence-electron chi connectivity index (χ4n) is 3.32. The van der Waals surface area contributed by atoms with E-state index < -0.39 is 0 Å². The highest BCUT2D eigenvalue weighted by atomic mass is 35.5. The molecule has 0 radical (unpaired) electrons. The summed E-state index contributed by atoms with van der Waals surface area (Å²) in [6, 6.07) is 12.2. The molecule has 1 aliphatic heterocycles. The summed E-state index contributed by atoms with van der Waals surface area (Å²) < 4.78 is 2.60. The summed E-state index contributed by atoms with van der Waals surface area (Å²) >= 11 is 7.62. The van der Waals surface area contributed by atoms with Crippen LogP contribution < -0.4 is 5.32 Å². The Morgan fingerprint density at radius 1 is 1.03 bits per heavy atom. The van der Waals surface area contributed by atoms with Gasteiger partial charge in [-0.2, -0.15) is 5.10 Å². The number of hydrogen-bond acceptors (Lipinski definition) is 5. The number of carbonyl (C=O) groups is 1. The van der Waals surface area contributed by atoms with Crippen LogP contribution in [0.1, 0.15) is 16.0 Å². The van der Waals surface area contributed by atoms with Crippen molar-refractivity contribution in [1.29, 1.82) is 0 Å². The topological polar surface area (TPSA) is 66.3 Å². The lowest BCUT2D eigenvalue weighted by molar-refractivity contribution is 0.135. The van der Waals surface area contributed by atoms with Crippen LogP contribution in [0.5, 0.6) is 0 Å². The van der Waals surface area contributed by atoms with E-state index in [9.17, 15) is 4.79 Å². The van der Waals surface area contributed by atoms with Gasteiger partial charge < -0.3 is 10.2 Å². The fraction of sp³-hybridized carbons (Fsp3) is 0.350. The van der Waals surface area contributed by atoms with Crippen molar-refractivity contribution in [2.75, 3.05) is 26.2 Å². The molecule has 3 heterocycles. The summed E-state index contributed by atoms with van der Waals surface area (Å²) in [6.07, 6.45) is 3.23. The van der Waals surface area contributed by atoms with Crippen molar-refractivity contribution in [2.45, 2.75) is 19.6 Å². The van der Waals surface area contributed by atoms with Crippen LogP contribution in [0.2, 0.25) is 4.34 Å². The quantitative estimate of drug-likeness (QED) is 0.652. The van der Waals surface area contributed by atoms with Crippen LogP contribution in [-0.2, 0) is 19.6 Å². The van der Waals surface area contributed by atoms with Crippen molar-refractivity contribution in [3.05, 3.63) is 69.4 Å². The van der Waals surface area contributed by atoms with E-state index in [4.69, 9.17) is 11.6 Å². The number of nitrogens with zero attached hydrogens (tertiary/aromatic N) is 5. The van der Waals surface area contributed by atoms with Crippen molar-refractivity contribution < 1.29 is 4.79 Å². The lowest BCUT2D eigenvalue weighted by Crippen LogP contribution is -2.51. The summed E-state index contributed by atoms with van der Waals surface area (Å²) in [7, 11) is 0. The molecule has 0 aliphatic carbocycles. The first-order valence-corrected chi connectivity index (χ1v) is 10.7. The summed E-state index contributed by atoms with van der Waals surface area (Å²) in [4.78, 5) is 21.9. The van der Waals surface area contributed by atoms with E-state index in [-0.39, 0.29) is 6.03 Å². The minimum Gasteiger partial charge on any atom is -0.334 e. The number of thiophene rings is 1. The number of urea groups is 1. The number of piperazine rings is 1. The van der Waals surface area contributed by atoms with Gasteiger partial charge in [0.05, 0.1) is 10.9 Å². The Labute approximate surface area is 178 Å². The predicted molar refractivity (Wildman–Crippen MR) is 114 cm³/mol. The van der Waals surface area contributed by atoms with Crippen LogP contribution in [0.15, 0.2) is 49.1 Å². The zero-order chi connectivity index (χ0) is 20.1. The summed E-state index contributed by atoms with van der Waals surface area (Å²) in [6.45, 7) is 5.34. The Balaban J connectivity index is 1.20. The first-order chi connectivity index (χ1) is 14.2. The van der Waals surface area contributed by atoms with Crippen LogP contribution in [0.25, 0.3) is 0 Å². The van der Waals surface area contributed by atoms with E-state index in [2.05, 4.69) is 38.5 Å². The van der Waals surface area contributed by atoms with E-state index in [0.29, 0.717) is 13.1 Å². The Hall–Kier alpha value is -2.42. The number of aromatic nitrogens is 3. The molecule has 2 aromatic heterocycles. The molecular formula is C20H23ClN6OS. The van der Waals surface area contributed by atoms with Crippen molar-refractivity contribution >= 4 is 29.0 Å². The minimum atomic E-state index is -0.00416. The molecule has 2 amide bonds. The number of nitrogens with one attached hydrogen (secondary N) is 1. The first-order valence-electron chi connectivity index (χ1n) is 9.55. The average Bonchev–Trinajstić information content (AvgIpc) is 3.39. The van der Waals surface area contributed by atoms with E-state index in [0.717, 1.165) is 48.2 Å². The molecule has 1 fully saturated rings. The van der Waals surface area contributed by atoms with Crippen LogP contribution in [0, 0.1) is 0 Å². The molecule has 0 saturated carbocycles. The van der Waals surface area contributed by atoms with E-state index >= 15 is 0 Å². The molecule has 3 aromatic rings. The third kappa shape index (κ3) is 5.56. The molecule has 29 heavy (non-hydrogen) atoms. The van der Waals surface area contributed by atoms with Gasteiger partial charge in [-0.25, -0.2) is 14.5 Å². The molecule has 0 unspecified atom stereocenters. The fourth-order valence-corrected chi connectivity index (χ4v) is 4.45. The van der Waals surface area contributed by atoms with Crippen molar-refractivity contribution in [3.63, 3.8) is 0 Å². The van der Waals surface area contributed by atoms with Crippen molar-refractivity contribution in [1.82, 2.24) is 29.9 Å². The number of amides is 2. The SMILES string of the molecule is O=C(NCc1ccc(Cn2cncn2)cc1)N1CCN(Cc2ccc(Cl)s2)CC1. The van der Waals surface area contributed by atoms with Gasteiger partial charge in [-0.3, -0.25) is 4.90 Å². The largest absolute Gasteiger partial charge is 0.334 e. The molecular weight excluding hydrogens is 408 g/mol. The Morgan fingerprint density at radius 2 is 1.79 bits per heavy atom. The number of rotatable bonds is 6. The summed E-state index contributed by atoms with van der Waals surface area (Å²) in [5.41, 5.74) is 2.22. The zero-order valence-corrected chi connectivity index (χ0v) is 17.6. The second-order valence-electron chi connectivity index (χ2n) is 7.04. The first kappa shape index (κ1) is 19.9. The lowest BCUT2D eigenvalue weighted by atomic mass is 10.1. The van der Waals surface area contributed by atoms with Crippen LogP contribution in [-0.4, -0.2) is 56.8 Å². The van der Waals surface area contributed by atoms with Gasteiger partial charge in [0.2, 0.25) is 0 Å². The van der Waals surface area contributed by atoms with E-state index in [1.54, 1.807) is 22.3 Å². The molecule has 4 rings (SSSR count). The molecule has 0 bridgehead atoms. The van der Waals surface area contributed by atoms with Gasteiger partial charge in [0.25, 0.3) is 0 Å². The highest BCUT2D eigenvalue weighted by Crippen LogP contribution is 2.23. The van der Waals surface area contributed by atoms with E-state index in [1.165, 1.54) is 11.2 Å². The standard InChI is InChI=1S/C20H23ClN6OS/c21-19-6-5-18(29-19)13-25-7-9-26(10-8-25)20(28)23-11-16-1-3-17(4-2-16)12-27-15-22-14-24-27/h1-6,14-15H,7-13H2,(H,23,28). The van der Waals surface area contributed by atoms with Crippen LogP contribution >= 0.6 is 22.9 Å². The van der Waals surface area contributed by atoms with Crippen LogP contribution in [0.4, 0.5) is 4.79 Å². The maximum Gasteiger partial charge on any atom is 0.317 e. The van der Waals surface area contributed by atoms with Crippen molar-refractivity contribution in [3.8, 4) is 0 Å². The van der Waals surface area contributed by atoms with Gasteiger partial charge in [0.15, 0.2) is 0 Å². The van der Waals surface area contributed by atoms with Gasteiger partial charge in [-0.15, -0.1) is 11.3 Å².